The lowest BCUT2D eigenvalue weighted by molar-refractivity contribution is -0.137. The number of rotatable bonds is 8. The highest BCUT2D eigenvalue weighted by molar-refractivity contribution is 7.99. The van der Waals surface area contributed by atoms with Crippen LogP contribution in [0.25, 0.3) is 0 Å². The maximum absolute atomic E-state index is 12.9. The maximum Gasteiger partial charge on any atom is 0.416 e. The molecule has 1 saturated heterocycles. The van der Waals surface area contributed by atoms with Crippen molar-refractivity contribution >= 4 is 30.1 Å². The van der Waals surface area contributed by atoms with E-state index in [4.69, 9.17) is 0 Å². The Morgan fingerprint density at radius 1 is 1.16 bits per heavy atom. The van der Waals surface area contributed by atoms with Crippen LogP contribution in [-0.4, -0.2) is 57.0 Å². The quantitative estimate of drug-likeness (QED) is 0.321. The average Bonchev–Trinajstić information content (AvgIpc) is 3.20. The van der Waals surface area contributed by atoms with Crippen LogP contribution in [0, 0.1) is 5.41 Å². The van der Waals surface area contributed by atoms with Gasteiger partial charge in [-0.15, -0.1) is 22.6 Å². The number of carbonyl (C=O) groups is 1. The lowest BCUT2D eigenvalue weighted by atomic mass is 9.85. The van der Waals surface area contributed by atoms with Crippen molar-refractivity contribution in [2.24, 2.45) is 12.5 Å². The largest absolute Gasteiger partial charge is 0.416 e. The van der Waals surface area contributed by atoms with Crippen LogP contribution in [0.15, 0.2) is 29.4 Å². The zero-order chi connectivity index (χ0) is 26.2. The highest BCUT2D eigenvalue weighted by Gasteiger charge is 2.57. The van der Waals surface area contributed by atoms with Crippen molar-refractivity contribution in [1.82, 2.24) is 25.0 Å². The number of hydrogen-bond donors (Lipinski definition) is 1. The number of nitrogens with zero attached hydrogens (tertiary/aromatic N) is 4. The van der Waals surface area contributed by atoms with Crippen molar-refractivity contribution in [3.8, 4) is 0 Å². The Morgan fingerprint density at radius 3 is 2.53 bits per heavy atom. The second-order valence-corrected chi connectivity index (χ2v) is 12.2. The monoisotopic (exact) mass is 571 g/mol. The van der Waals surface area contributed by atoms with Crippen molar-refractivity contribution in [2.45, 2.75) is 81.1 Å². The van der Waals surface area contributed by atoms with Gasteiger partial charge >= 0.3 is 6.18 Å². The van der Waals surface area contributed by atoms with Crippen LogP contribution in [0.2, 0.25) is 0 Å². The van der Waals surface area contributed by atoms with Crippen LogP contribution in [-0.2, 0) is 18.0 Å². The molecule has 6 nitrogen and oxygen atoms in total. The summed E-state index contributed by atoms with van der Waals surface area (Å²) in [6.45, 7) is 4.72. The van der Waals surface area contributed by atoms with E-state index in [9.17, 15) is 18.0 Å². The van der Waals surface area contributed by atoms with Crippen molar-refractivity contribution in [1.29, 1.82) is 0 Å². The second kappa shape index (κ2) is 11.8. The first kappa shape index (κ1) is 29.2. The molecule has 0 bridgehead atoms. The van der Waals surface area contributed by atoms with E-state index in [1.165, 1.54) is 12.1 Å². The van der Waals surface area contributed by atoms with E-state index in [2.05, 4.69) is 32.0 Å². The minimum atomic E-state index is -4.28. The number of aromatic nitrogens is 3. The number of alkyl halides is 3. The Bertz CT molecular complexity index is 1100. The Kier molecular flexibility index (Phi) is 9.04. The molecule has 1 aromatic heterocycles. The summed E-state index contributed by atoms with van der Waals surface area (Å²) in [6, 6.07) is 6.07. The molecule has 5 rings (SSSR count). The zero-order valence-electron chi connectivity index (χ0n) is 22.0. The van der Waals surface area contributed by atoms with Crippen LogP contribution in [0.3, 0.4) is 0 Å². The first-order valence-electron chi connectivity index (χ1n) is 13.3. The molecule has 1 spiro atoms. The second-order valence-electron chi connectivity index (χ2n) is 11.1. The van der Waals surface area contributed by atoms with E-state index >= 15 is 0 Å². The predicted octanol–water partition coefficient (Wildman–Crippen LogP) is 5.78. The van der Waals surface area contributed by atoms with Crippen LogP contribution in [0.4, 0.5) is 13.2 Å². The summed E-state index contributed by atoms with van der Waals surface area (Å²) in [7, 11) is 2.05. The lowest BCUT2D eigenvalue weighted by Crippen LogP contribution is -2.36. The number of nitrogens with one attached hydrogen (secondary N) is 1. The Morgan fingerprint density at radius 2 is 1.87 bits per heavy atom. The lowest BCUT2D eigenvalue weighted by Gasteiger charge is -2.28. The fraction of sp³-hybridized carbons (Fsp3) is 0.667. The van der Waals surface area contributed by atoms with Gasteiger partial charge in [-0.2, -0.15) is 13.2 Å². The van der Waals surface area contributed by atoms with Gasteiger partial charge in [-0.25, -0.2) is 0 Å². The molecule has 2 aliphatic carbocycles. The Labute approximate surface area is 232 Å². The molecule has 2 atom stereocenters. The minimum absolute atomic E-state index is 0. The molecule has 3 fully saturated rings. The van der Waals surface area contributed by atoms with Crippen molar-refractivity contribution in [3.63, 3.8) is 0 Å². The molecule has 1 aromatic carbocycles. The van der Waals surface area contributed by atoms with Gasteiger partial charge in [0.25, 0.3) is 0 Å². The molecule has 1 aliphatic heterocycles. The van der Waals surface area contributed by atoms with Crippen LogP contribution >= 0.6 is 24.2 Å². The fourth-order valence-electron chi connectivity index (χ4n) is 6.39. The van der Waals surface area contributed by atoms with Crippen molar-refractivity contribution in [2.75, 3.05) is 25.4 Å². The molecule has 3 aliphatic rings. The van der Waals surface area contributed by atoms with Gasteiger partial charge in [0, 0.05) is 38.2 Å². The van der Waals surface area contributed by atoms with Crippen LogP contribution in [0.1, 0.15) is 80.7 Å². The third kappa shape index (κ3) is 6.50. The number of thioether (sulfide) groups is 1. The highest BCUT2D eigenvalue weighted by atomic mass is 35.5. The number of benzene rings is 1. The van der Waals surface area contributed by atoms with E-state index in [0.29, 0.717) is 11.8 Å². The third-order valence-electron chi connectivity index (χ3n) is 8.51. The molecule has 11 heteroatoms. The summed E-state index contributed by atoms with van der Waals surface area (Å²) in [5, 5.41) is 12.9. The van der Waals surface area contributed by atoms with E-state index < -0.39 is 11.7 Å². The maximum atomic E-state index is 12.9. The molecule has 1 amide bonds. The predicted molar refractivity (Wildman–Crippen MR) is 145 cm³/mol. The number of likely N-dealkylation sites (tertiary alicyclic amines) is 1. The fourth-order valence-corrected chi connectivity index (χ4v) is 7.23. The molecular formula is C27H37ClF3N5OS. The Hall–Kier alpha value is -1.78. The minimum Gasteiger partial charge on any atom is -0.354 e. The number of carbonyl (C=O) groups excluding carboxylic acids is 1. The molecule has 2 saturated carbocycles. The van der Waals surface area contributed by atoms with Crippen molar-refractivity contribution in [3.05, 3.63) is 41.2 Å². The van der Waals surface area contributed by atoms with E-state index in [1.807, 2.05) is 0 Å². The van der Waals surface area contributed by atoms with Gasteiger partial charge in [0.05, 0.1) is 5.56 Å². The summed E-state index contributed by atoms with van der Waals surface area (Å²) in [5.41, 5.74) is 0.734. The third-order valence-corrected chi connectivity index (χ3v) is 9.62. The summed E-state index contributed by atoms with van der Waals surface area (Å²) in [4.78, 5) is 13.8. The molecule has 0 unspecified atom stereocenters. The first-order valence-corrected chi connectivity index (χ1v) is 14.3. The number of hydrogen-bond acceptors (Lipinski definition) is 5. The summed E-state index contributed by atoms with van der Waals surface area (Å²) >= 11 is 1.75. The molecule has 210 valence electrons. The van der Waals surface area contributed by atoms with Gasteiger partial charge in [0.2, 0.25) is 5.91 Å². The Balaban J connectivity index is 0.00000336. The van der Waals surface area contributed by atoms with Gasteiger partial charge in [0.15, 0.2) is 5.16 Å². The summed E-state index contributed by atoms with van der Waals surface area (Å²) < 4.78 is 40.7. The van der Waals surface area contributed by atoms with Crippen LogP contribution in [0.5, 0.6) is 0 Å². The standard InChI is InChI=1S/C27H36F3N5OS.ClH/c1-18(36)31-22-10-6-20(7-11-22)24-32-33-25(34(24)2)37-15-3-13-35-14-12-26(17-35)16-23(26)19-4-8-21(9-5-19)27(28,29)30;/h4-5,8-9,20,22-23H,3,6-7,10-17H2,1-2H3,(H,31,36);1H/t20?,22?,23-,26+;/m0./s1. The topological polar surface area (TPSA) is 63.1 Å². The van der Waals surface area contributed by atoms with E-state index in [1.54, 1.807) is 30.8 Å². The average molecular weight is 572 g/mol. The molecule has 38 heavy (non-hydrogen) atoms. The smallest absolute Gasteiger partial charge is 0.354 e. The normalized spacial score (nSPS) is 27.3. The van der Waals surface area contributed by atoms with Gasteiger partial charge in [-0.05, 0) is 87.1 Å². The highest BCUT2D eigenvalue weighted by Crippen LogP contribution is 2.64. The number of halogens is 4. The van der Waals surface area contributed by atoms with Crippen molar-refractivity contribution < 1.29 is 18.0 Å². The van der Waals surface area contributed by atoms with Gasteiger partial charge in [-0.1, -0.05) is 23.9 Å². The zero-order valence-corrected chi connectivity index (χ0v) is 23.6. The van der Waals surface area contributed by atoms with Crippen LogP contribution < -0.4 is 5.32 Å². The van der Waals surface area contributed by atoms with E-state index in [0.717, 1.165) is 86.9 Å². The first-order chi connectivity index (χ1) is 17.6. The molecular weight excluding hydrogens is 535 g/mol. The molecule has 2 heterocycles. The summed E-state index contributed by atoms with van der Waals surface area (Å²) in [6.07, 6.45) is 3.00. The summed E-state index contributed by atoms with van der Waals surface area (Å²) in [5.74, 6) is 2.86. The number of amides is 1. The molecule has 0 radical (unpaired) electrons. The van der Waals surface area contributed by atoms with Gasteiger partial charge in [0.1, 0.15) is 5.82 Å². The molecule has 2 aromatic rings. The SMILES string of the molecule is CC(=O)NC1CCC(c2nnc(SCCCN3CC[C@@]4(C[C@H]4c4ccc(C(F)(F)F)cc4)C3)n2C)CC1.Cl. The van der Waals surface area contributed by atoms with Gasteiger partial charge < -0.3 is 14.8 Å². The van der Waals surface area contributed by atoms with Gasteiger partial charge in [-0.3, -0.25) is 4.79 Å². The molecule has 1 N–H and O–H groups in total. The van der Waals surface area contributed by atoms with E-state index in [-0.39, 0.29) is 29.8 Å².